The van der Waals surface area contributed by atoms with Crippen molar-refractivity contribution in [1.82, 2.24) is 0 Å². The SMILES string of the molecule is [N-]=[N+]=C(CS(=O)[O-])C(=O)c1ccccc1. The first kappa shape index (κ1) is 11.5. The zero-order chi connectivity index (χ0) is 11.3. The number of ketones is 1. The molecule has 0 saturated heterocycles. The highest BCUT2D eigenvalue weighted by Gasteiger charge is 2.21. The van der Waals surface area contributed by atoms with E-state index in [0.717, 1.165) is 0 Å². The molecule has 0 N–H and O–H groups in total. The highest BCUT2D eigenvalue weighted by molar-refractivity contribution is 7.80. The summed E-state index contributed by atoms with van der Waals surface area (Å²) >= 11 is -2.45. The van der Waals surface area contributed by atoms with Gasteiger partial charge in [0.2, 0.25) is 0 Å². The summed E-state index contributed by atoms with van der Waals surface area (Å²) in [4.78, 5) is 14.2. The van der Waals surface area contributed by atoms with Gasteiger partial charge in [0.05, 0.1) is 0 Å². The molecular formula is C9H7N2O3S-. The van der Waals surface area contributed by atoms with Crippen LogP contribution in [0, 0.1) is 0 Å². The molecule has 78 valence electrons. The molecule has 0 fully saturated rings. The van der Waals surface area contributed by atoms with Crippen LogP contribution >= 0.6 is 0 Å². The minimum absolute atomic E-state index is 0.288. The highest BCUT2D eigenvalue weighted by Crippen LogP contribution is 2.01. The Morgan fingerprint density at radius 1 is 1.40 bits per heavy atom. The van der Waals surface area contributed by atoms with E-state index in [1.165, 1.54) is 12.1 Å². The maximum absolute atomic E-state index is 11.5. The van der Waals surface area contributed by atoms with E-state index in [-0.39, 0.29) is 5.56 Å². The van der Waals surface area contributed by atoms with Gasteiger partial charge in [-0.2, -0.15) is 4.79 Å². The van der Waals surface area contributed by atoms with Gasteiger partial charge in [0, 0.05) is 5.56 Å². The second-order valence-corrected chi connectivity index (χ2v) is 3.59. The fourth-order valence-corrected chi connectivity index (χ4v) is 1.42. The zero-order valence-corrected chi connectivity index (χ0v) is 8.44. The molecule has 0 aliphatic rings. The Morgan fingerprint density at radius 3 is 2.47 bits per heavy atom. The molecule has 0 amide bonds. The van der Waals surface area contributed by atoms with E-state index < -0.39 is 28.3 Å². The molecule has 0 saturated carbocycles. The van der Waals surface area contributed by atoms with Gasteiger partial charge < -0.3 is 10.1 Å². The summed E-state index contributed by atoms with van der Waals surface area (Å²) in [6.07, 6.45) is 0. The second-order valence-electron chi connectivity index (χ2n) is 2.69. The lowest BCUT2D eigenvalue weighted by Crippen LogP contribution is -2.22. The number of nitrogens with zero attached hydrogens (tertiary/aromatic N) is 2. The van der Waals surface area contributed by atoms with Gasteiger partial charge in [-0.3, -0.25) is 9.00 Å². The van der Waals surface area contributed by atoms with Crippen molar-refractivity contribution in [3.05, 3.63) is 41.4 Å². The van der Waals surface area contributed by atoms with Crippen molar-refractivity contribution in [3.63, 3.8) is 0 Å². The van der Waals surface area contributed by atoms with E-state index in [4.69, 9.17) is 5.53 Å². The fraction of sp³-hybridized carbons (Fsp3) is 0.111. The normalized spacial score (nSPS) is 11.5. The van der Waals surface area contributed by atoms with Crippen LogP contribution in [-0.2, 0) is 11.1 Å². The summed E-state index contributed by atoms with van der Waals surface area (Å²) in [5, 5.41) is 0. The van der Waals surface area contributed by atoms with Crippen molar-refractivity contribution >= 4 is 22.6 Å². The molecule has 0 spiro atoms. The van der Waals surface area contributed by atoms with E-state index in [9.17, 15) is 13.6 Å². The van der Waals surface area contributed by atoms with Gasteiger partial charge >= 0.3 is 5.71 Å². The summed E-state index contributed by atoms with van der Waals surface area (Å²) in [5.41, 5.74) is 8.39. The zero-order valence-electron chi connectivity index (χ0n) is 7.62. The third-order valence-electron chi connectivity index (χ3n) is 1.67. The number of benzene rings is 1. The minimum Gasteiger partial charge on any atom is -0.772 e. The monoisotopic (exact) mass is 223 g/mol. The van der Waals surface area contributed by atoms with Crippen LogP contribution in [0.25, 0.3) is 5.53 Å². The van der Waals surface area contributed by atoms with Gasteiger partial charge in [0.25, 0.3) is 5.78 Å². The van der Waals surface area contributed by atoms with Crippen molar-refractivity contribution in [2.75, 3.05) is 5.75 Å². The third-order valence-corrected chi connectivity index (χ3v) is 2.18. The maximum Gasteiger partial charge on any atom is 0.350 e. The van der Waals surface area contributed by atoms with Gasteiger partial charge in [0.1, 0.15) is 5.75 Å². The number of Topliss-reactive ketones (excluding diaryl/α,β-unsaturated/α-hetero) is 1. The van der Waals surface area contributed by atoms with Gasteiger partial charge in [-0.05, 0) is 11.1 Å². The summed E-state index contributed by atoms with van der Waals surface area (Å²) in [6, 6.07) is 8.02. The standard InChI is InChI=1S/C9H8N2O3S/c10-11-8(6-15(13)14)9(12)7-4-2-1-3-5-7/h1-5H,6H2,(H,13,14)/p-1. The van der Waals surface area contributed by atoms with E-state index in [2.05, 4.69) is 4.79 Å². The number of rotatable bonds is 4. The van der Waals surface area contributed by atoms with Crippen molar-refractivity contribution in [2.24, 2.45) is 0 Å². The molecule has 0 aromatic heterocycles. The van der Waals surface area contributed by atoms with Crippen molar-refractivity contribution < 1.29 is 18.3 Å². The van der Waals surface area contributed by atoms with Crippen molar-refractivity contribution in [1.29, 1.82) is 0 Å². The Hall–Kier alpha value is -1.62. The van der Waals surface area contributed by atoms with Crippen LogP contribution in [0.5, 0.6) is 0 Å². The lowest BCUT2D eigenvalue weighted by molar-refractivity contribution is -0.00651. The first-order chi connectivity index (χ1) is 7.15. The Balaban J connectivity index is 2.94. The Labute approximate surface area is 88.6 Å². The smallest absolute Gasteiger partial charge is 0.350 e. The summed E-state index contributed by atoms with van der Waals surface area (Å²) < 4.78 is 20.7. The molecule has 0 radical (unpaired) electrons. The summed E-state index contributed by atoms with van der Waals surface area (Å²) in [5.74, 6) is -1.19. The number of hydrogen-bond acceptors (Lipinski definition) is 3. The number of carbonyl (C=O) groups is 1. The third kappa shape index (κ3) is 3.21. The molecule has 0 bridgehead atoms. The van der Waals surface area contributed by atoms with Crippen LogP contribution in [-0.4, -0.2) is 30.8 Å². The molecular weight excluding hydrogens is 216 g/mol. The van der Waals surface area contributed by atoms with Crippen LogP contribution in [0.4, 0.5) is 0 Å². The predicted octanol–water partition coefficient (Wildman–Crippen LogP) is 0.419. The van der Waals surface area contributed by atoms with Gasteiger partial charge in [0.15, 0.2) is 0 Å². The summed E-state index contributed by atoms with van der Waals surface area (Å²) in [7, 11) is 0. The van der Waals surface area contributed by atoms with Crippen LogP contribution in [0.1, 0.15) is 10.4 Å². The van der Waals surface area contributed by atoms with Crippen molar-refractivity contribution in [2.45, 2.75) is 0 Å². The quantitative estimate of drug-likeness (QED) is 0.243. The first-order valence-electron chi connectivity index (χ1n) is 4.01. The Kier molecular flexibility index (Phi) is 4.05. The molecule has 6 heteroatoms. The molecule has 1 unspecified atom stereocenters. The molecule has 5 nitrogen and oxygen atoms in total. The lowest BCUT2D eigenvalue weighted by atomic mass is 10.1. The molecule has 15 heavy (non-hydrogen) atoms. The van der Waals surface area contributed by atoms with Crippen LogP contribution < -0.4 is 0 Å². The van der Waals surface area contributed by atoms with Gasteiger partial charge in [-0.15, -0.1) is 0 Å². The van der Waals surface area contributed by atoms with E-state index >= 15 is 0 Å². The van der Waals surface area contributed by atoms with Crippen LogP contribution in [0.2, 0.25) is 0 Å². The Bertz CT molecular complexity index is 438. The molecule has 0 aliphatic carbocycles. The largest absolute Gasteiger partial charge is 0.772 e. The first-order valence-corrected chi connectivity index (χ1v) is 5.26. The molecule has 0 heterocycles. The van der Waals surface area contributed by atoms with Crippen molar-refractivity contribution in [3.8, 4) is 0 Å². The molecule has 1 rings (SSSR count). The number of hydrogen-bond donors (Lipinski definition) is 0. The highest BCUT2D eigenvalue weighted by atomic mass is 32.2. The minimum atomic E-state index is -2.45. The van der Waals surface area contributed by atoms with E-state index in [0.29, 0.717) is 0 Å². The average Bonchev–Trinajstić information content (AvgIpc) is 2.26. The molecule has 1 aromatic carbocycles. The van der Waals surface area contributed by atoms with Gasteiger partial charge in [-0.1, -0.05) is 30.3 Å². The predicted molar refractivity (Wildman–Crippen MR) is 53.2 cm³/mol. The second kappa shape index (κ2) is 5.31. The Morgan fingerprint density at radius 2 is 2.00 bits per heavy atom. The lowest BCUT2D eigenvalue weighted by Gasteiger charge is -2.00. The average molecular weight is 223 g/mol. The number of carbonyl (C=O) groups excluding carboxylic acids is 1. The topological polar surface area (TPSA) is 93.6 Å². The fourth-order valence-electron chi connectivity index (χ4n) is 1.01. The molecule has 1 aromatic rings. The summed E-state index contributed by atoms with van der Waals surface area (Å²) in [6.45, 7) is 0. The molecule has 1 atom stereocenters. The maximum atomic E-state index is 11.5. The van der Waals surface area contributed by atoms with Crippen LogP contribution in [0.3, 0.4) is 0 Å². The van der Waals surface area contributed by atoms with Crippen LogP contribution in [0.15, 0.2) is 30.3 Å². The molecule has 0 aliphatic heterocycles. The van der Waals surface area contributed by atoms with Gasteiger partial charge in [-0.25, -0.2) is 0 Å². The van der Waals surface area contributed by atoms with E-state index in [1.807, 2.05) is 0 Å². The van der Waals surface area contributed by atoms with E-state index in [1.54, 1.807) is 18.2 Å².